The maximum absolute atomic E-state index is 11.8. The summed E-state index contributed by atoms with van der Waals surface area (Å²) in [7, 11) is 1.82. The maximum atomic E-state index is 11.8. The molecule has 1 fully saturated rings. The number of hydrogen-bond donors (Lipinski definition) is 1. The molecule has 5 heteroatoms. The summed E-state index contributed by atoms with van der Waals surface area (Å²) < 4.78 is 1.71. The van der Waals surface area contributed by atoms with Crippen LogP contribution in [0, 0.1) is 18.3 Å². The molecule has 1 saturated carbocycles. The van der Waals surface area contributed by atoms with Gasteiger partial charge in [0.25, 0.3) is 5.56 Å². The Hall–Kier alpha value is -0.216. The van der Waals surface area contributed by atoms with Crippen LogP contribution < -0.4 is 11.3 Å². The molecule has 1 heterocycles. The van der Waals surface area contributed by atoms with Gasteiger partial charge < -0.3 is 16.7 Å². The zero-order valence-corrected chi connectivity index (χ0v) is 13.4. The quantitative estimate of drug-likeness (QED) is 0.796. The number of nitrogen functional groups attached to an aromatic ring is 1. The Balaban J connectivity index is 0.00000144. The topological polar surface area (TPSA) is 60.9 Å². The van der Waals surface area contributed by atoms with Gasteiger partial charge in [0.2, 0.25) is 5.95 Å². The molecule has 1 aliphatic rings. The summed E-state index contributed by atoms with van der Waals surface area (Å²) in [6.45, 7) is 4.34. The van der Waals surface area contributed by atoms with E-state index >= 15 is 0 Å². The maximum Gasteiger partial charge on any atom is 0.277 e. The summed E-state index contributed by atoms with van der Waals surface area (Å²) >= 11 is 0. The van der Waals surface area contributed by atoms with E-state index in [0.29, 0.717) is 17.8 Å². The van der Waals surface area contributed by atoms with Crippen molar-refractivity contribution in [2.75, 3.05) is 5.73 Å². The van der Waals surface area contributed by atoms with Crippen molar-refractivity contribution in [2.45, 2.75) is 26.2 Å². The molecule has 0 aliphatic heterocycles. The molecular weight excluding hydrogens is 291 g/mol. The van der Waals surface area contributed by atoms with Crippen LogP contribution in [0.5, 0.6) is 0 Å². The summed E-state index contributed by atoms with van der Waals surface area (Å²) in [5.74, 6) is 1.58. The molecule has 0 spiro atoms. The van der Waals surface area contributed by atoms with E-state index in [-0.39, 0.29) is 44.2 Å². The first-order chi connectivity index (χ1) is 7.49. The number of anilines is 1. The SMILES string of the molecule is C[C@@H]1[CH-][C@@H](C)[C@@H](c2cn(C)c(N)nc2=O)C1.[Y]. The third kappa shape index (κ3) is 2.97. The Morgan fingerprint density at radius 2 is 2.18 bits per heavy atom. The van der Waals surface area contributed by atoms with Crippen molar-refractivity contribution in [3.8, 4) is 0 Å². The van der Waals surface area contributed by atoms with Crippen LogP contribution >= 0.6 is 0 Å². The van der Waals surface area contributed by atoms with Gasteiger partial charge in [-0.3, -0.25) is 4.79 Å². The molecule has 2 N–H and O–H groups in total. The molecule has 1 aromatic rings. The molecular formula is C12H18N3OY-. The van der Waals surface area contributed by atoms with Crippen molar-refractivity contribution in [3.05, 3.63) is 28.5 Å². The van der Waals surface area contributed by atoms with E-state index in [0.717, 1.165) is 12.0 Å². The molecule has 3 atom stereocenters. The second kappa shape index (κ2) is 5.62. The molecule has 91 valence electrons. The van der Waals surface area contributed by atoms with Crippen LogP contribution in [0.1, 0.15) is 31.7 Å². The molecule has 2 rings (SSSR count). The van der Waals surface area contributed by atoms with Crippen LogP contribution in [-0.2, 0) is 39.8 Å². The van der Waals surface area contributed by atoms with Crippen LogP contribution in [0.15, 0.2) is 11.0 Å². The fraction of sp³-hybridized carbons (Fsp3) is 0.583. The van der Waals surface area contributed by atoms with Crippen molar-refractivity contribution in [2.24, 2.45) is 18.9 Å². The Bertz CT molecular complexity index is 458. The summed E-state index contributed by atoms with van der Waals surface area (Å²) in [5, 5.41) is 0. The Labute approximate surface area is 127 Å². The molecule has 0 aromatic carbocycles. The van der Waals surface area contributed by atoms with E-state index in [4.69, 9.17) is 5.73 Å². The average Bonchev–Trinajstić information content (AvgIpc) is 2.51. The Morgan fingerprint density at radius 1 is 1.53 bits per heavy atom. The van der Waals surface area contributed by atoms with Crippen molar-refractivity contribution in [1.82, 2.24) is 9.55 Å². The van der Waals surface area contributed by atoms with Gasteiger partial charge in [0.15, 0.2) is 0 Å². The van der Waals surface area contributed by atoms with Crippen LogP contribution in [0.25, 0.3) is 0 Å². The Morgan fingerprint density at radius 3 is 2.71 bits per heavy atom. The minimum atomic E-state index is -0.171. The van der Waals surface area contributed by atoms with Crippen LogP contribution in [0.3, 0.4) is 0 Å². The smallest absolute Gasteiger partial charge is 0.277 e. The minimum Gasteiger partial charge on any atom is -0.369 e. The van der Waals surface area contributed by atoms with Crippen molar-refractivity contribution in [3.63, 3.8) is 0 Å². The molecule has 0 saturated heterocycles. The predicted octanol–water partition coefficient (Wildman–Crippen LogP) is 1.32. The fourth-order valence-electron chi connectivity index (χ4n) is 2.59. The van der Waals surface area contributed by atoms with Crippen molar-refractivity contribution >= 4 is 5.95 Å². The predicted molar refractivity (Wildman–Crippen MR) is 63.9 cm³/mol. The third-order valence-electron chi connectivity index (χ3n) is 3.45. The van der Waals surface area contributed by atoms with E-state index in [1.807, 2.05) is 13.2 Å². The molecule has 1 radical (unpaired) electrons. The normalized spacial score (nSPS) is 27.8. The molecule has 4 nitrogen and oxygen atoms in total. The third-order valence-corrected chi connectivity index (χ3v) is 3.45. The first kappa shape index (κ1) is 14.8. The molecule has 1 aliphatic carbocycles. The molecule has 0 unspecified atom stereocenters. The van der Waals surface area contributed by atoms with Gasteiger partial charge in [0.05, 0.1) is 0 Å². The number of hydrogen-bond acceptors (Lipinski definition) is 3. The zero-order valence-electron chi connectivity index (χ0n) is 10.6. The fourth-order valence-corrected chi connectivity index (χ4v) is 2.59. The van der Waals surface area contributed by atoms with Gasteiger partial charge in [0.1, 0.15) is 0 Å². The van der Waals surface area contributed by atoms with Gasteiger partial charge in [-0.2, -0.15) is 16.8 Å². The van der Waals surface area contributed by atoms with E-state index in [2.05, 4.69) is 25.3 Å². The summed E-state index contributed by atoms with van der Waals surface area (Å²) in [6, 6.07) is 0. The van der Waals surface area contributed by atoms with Crippen molar-refractivity contribution < 1.29 is 32.7 Å². The van der Waals surface area contributed by atoms with E-state index in [9.17, 15) is 4.79 Å². The van der Waals surface area contributed by atoms with Crippen LogP contribution in [0.2, 0.25) is 0 Å². The van der Waals surface area contributed by atoms with E-state index in [1.165, 1.54) is 0 Å². The van der Waals surface area contributed by atoms with Crippen LogP contribution in [-0.4, -0.2) is 9.55 Å². The zero-order chi connectivity index (χ0) is 11.9. The second-order valence-electron chi connectivity index (χ2n) is 4.84. The van der Waals surface area contributed by atoms with E-state index in [1.54, 1.807) is 4.57 Å². The number of rotatable bonds is 1. The second-order valence-corrected chi connectivity index (χ2v) is 4.84. The molecule has 0 bridgehead atoms. The largest absolute Gasteiger partial charge is 0.369 e. The van der Waals surface area contributed by atoms with Gasteiger partial charge >= 0.3 is 0 Å². The van der Waals surface area contributed by atoms with Gasteiger partial charge in [-0.1, -0.05) is 20.3 Å². The van der Waals surface area contributed by atoms with Gasteiger partial charge in [-0.05, 0) is 5.92 Å². The first-order valence-electron chi connectivity index (χ1n) is 5.67. The monoisotopic (exact) mass is 309 g/mol. The summed E-state index contributed by atoms with van der Waals surface area (Å²) in [6.07, 6.45) is 5.17. The minimum absolute atomic E-state index is 0. The standard InChI is InChI=1S/C12H18N3O.Y/c1-7-4-8(2)9(5-7)10-6-15(3)12(13)14-11(10)16;/h4,6-9H,5H2,1-3H3,(H2,13,14,16);/q-1;/t7-,8-,9+;/m1./s1. The summed E-state index contributed by atoms with van der Waals surface area (Å²) in [5.41, 5.74) is 6.22. The molecule has 1 aromatic heterocycles. The van der Waals surface area contributed by atoms with Gasteiger partial charge in [0, 0.05) is 51.5 Å². The van der Waals surface area contributed by atoms with Gasteiger partial charge in [-0.15, -0.1) is 0 Å². The molecule has 17 heavy (non-hydrogen) atoms. The first-order valence-corrected chi connectivity index (χ1v) is 5.67. The number of aryl methyl sites for hydroxylation is 1. The van der Waals surface area contributed by atoms with Gasteiger partial charge in [-0.25, -0.2) is 0 Å². The molecule has 0 amide bonds. The Kier molecular flexibility index (Phi) is 4.90. The number of nitrogens with zero attached hydrogens (tertiary/aromatic N) is 2. The summed E-state index contributed by atoms with van der Waals surface area (Å²) in [4.78, 5) is 15.7. The van der Waals surface area contributed by atoms with Crippen molar-refractivity contribution in [1.29, 1.82) is 0 Å². The average molecular weight is 309 g/mol. The van der Waals surface area contributed by atoms with E-state index < -0.39 is 0 Å². The number of nitrogens with two attached hydrogens (primary N) is 1. The van der Waals surface area contributed by atoms with Crippen LogP contribution in [0.4, 0.5) is 5.95 Å². The number of aromatic nitrogens is 2.